The Morgan fingerprint density at radius 3 is 2.39 bits per heavy atom. The Labute approximate surface area is 132 Å². The van der Waals surface area contributed by atoms with Crippen molar-refractivity contribution in [2.24, 2.45) is 0 Å². The molecular formula is C17H15F2NO3. The molecule has 0 heterocycles. The van der Waals surface area contributed by atoms with Crippen molar-refractivity contribution >= 4 is 6.47 Å². The molecular weight excluding hydrogens is 304 g/mol. The summed E-state index contributed by atoms with van der Waals surface area (Å²) >= 11 is 0. The molecule has 0 atom stereocenters. The molecule has 0 unspecified atom stereocenters. The quantitative estimate of drug-likeness (QED) is 0.862. The first-order chi connectivity index (χ1) is 11.0. The van der Waals surface area contributed by atoms with E-state index < -0.39 is 6.43 Å². The molecule has 0 saturated carbocycles. The molecule has 2 rings (SSSR count). The number of nitriles is 1. The minimum Gasteiger partial charge on any atom is -0.496 e. The number of hydrogen-bond acceptors (Lipinski definition) is 3. The summed E-state index contributed by atoms with van der Waals surface area (Å²) in [7, 11) is 1.49. The van der Waals surface area contributed by atoms with E-state index >= 15 is 0 Å². The van der Waals surface area contributed by atoms with Crippen molar-refractivity contribution in [3.8, 4) is 22.9 Å². The molecule has 23 heavy (non-hydrogen) atoms. The normalized spacial score (nSPS) is 9.57. The minimum atomic E-state index is -2.54. The van der Waals surface area contributed by atoms with E-state index in [4.69, 9.17) is 19.9 Å². The van der Waals surface area contributed by atoms with Crippen molar-refractivity contribution in [3.63, 3.8) is 0 Å². The van der Waals surface area contributed by atoms with Gasteiger partial charge in [-0.25, -0.2) is 8.78 Å². The fraction of sp³-hybridized carbons (Fsp3) is 0.176. The molecule has 4 nitrogen and oxygen atoms in total. The third-order valence-electron chi connectivity index (χ3n) is 3.13. The maximum atomic E-state index is 12.9. The number of benzene rings is 2. The third-order valence-corrected chi connectivity index (χ3v) is 3.13. The highest BCUT2D eigenvalue weighted by Gasteiger charge is 2.14. The van der Waals surface area contributed by atoms with Gasteiger partial charge in [0, 0.05) is 11.1 Å². The number of carbonyl (C=O) groups is 1. The lowest BCUT2D eigenvalue weighted by molar-refractivity contribution is -0.122. The Hall–Kier alpha value is -2.94. The van der Waals surface area contributed by atoms with E-state index in [-0.39, 0.29) is 12.0 Å². The number of halogens is 2. The number of rotatable bonds is 3. The minimum absolute atomic E-state index is 0.0671. The number of nitrogens with zero attached hydrogens (tertiary/aromatic N) is 1. The van der Waals surface area contributed by atoms with Crippen LogP contribution in [0.2, 0.25) is 0 Å². The summed E-state index contributed by atoms with van der Waals surface area (Å²) in [5, 5.41) is 15.9. The van der Waals surface area contributed by atoms with Gasteiger partial charge in [-0.1, -0.05) is 6.07 Å². The standard InChI is InChI=1S/C16H13F2NO.CH2O2/c1-10-3-4-11(9-19)7-13(10)14-8-12(16(17)18)5-6-15(14)20-2;2-1-3/h3-8,16H,1-2H3;1H,(H,2,3). The number of ether oxygens (including phenoxy) is 1. The topological polar surface area (TPSA) is 70.3 Å². The highest BCUT2D eigenvalue weighted by atomic mass is 19.3. The van der Waals surface area contributed by atoms with Crippen molar-refractivity contribution < 1.29 is 23.4 Å². The molecule has 0 aliphatic carbocycles. The molecule has 0 fully saturated rings. The molecule has 0 saturated heterocycles. The monoisotopic (exact) mass is 319 g/mol. The Morgan fingerprint density at radius 2 is 1.87 bits per heavy atom. The number of hydrogen-bond donors (Lipinski definition) is 1. The second kappa shape index (κ2) is 8.49. The van der Waals surface area contributed by atoms with Gasteiger partial charge in [-0.05, 0) is 48.4 Å². The van der Waals surface area contributed by atoms with Crippen molar-refractivity contribution in [1.29, 1.82) is 5.26 Å². The Kier molecular flexibility index (Phi) is 6.68. The van der Waals surface area contributed by atoms with E-state index in [1.807, 2.05) is 6.92 Å². The number of carboxylic acid groups (broad SMARTS) is 1. The zero-order valence-corrected chi connectivity index (χ0v) is 12.6. The molecule has 0 aliphatic heterocycles. The van der Waals surface area contributed by atoms with E-state index in [0.29, 0.717) is 16.9 Å². The highest BCUT2D eigenvalue weighted by Crippen LogP contribution is 2.35. The number of methoxy groups -OCH3 is 1. The maximum absolute atomic E-state index is 12.9. The van der Waals surface area contributed by atoms with E-state index in [1.54, 1.807) is 18.2 Å². The Bertz CT molecular complexity index is 724. The van der Waals surface area contributed by atoms with Gasteiger partial charge in [0.25, 0.3) is 12.9 Å². The maximum Gasteiger partial charge on any atom is 0.290 e. The van der Waals surface area contributed by atoms with Crippen LogP contribution in [0.25, 0.3) is 11.1 Å². The van der Waals surface area contributed by atoms with Crippen molar-refractivity contribution in [2.45, 2.75) is 13.3 Å². The van der Waals surface area contributed by atoms with Gasteiger partial charge in [0.05, 0.1) is 18.7 Å². The highest BCUT2D eigenvalue weighted by molar-refractivity contribution is 5.75. The van der Waals surface area contributed by atoms with Crippen LogP contribution in [0.3, 0.4) is 0 Å². The van der Waals surface area contributed by atoms with Crippen LogP contribution in [-0.2, 0) is 4.79 Å². The van der Waals surface area contributed by atoms with Crippen LogP contribution < -0.4 is 4.74 Å². The van der Waals surface area contributed by atoms with Gasteiger partial charge in [0.1, 0.15) is 5.75 Å². The molecule has 2 aromatic carbocycles. The van der Waals surface area contributed by atoms with Crippen LogP contribution >= 0.6 is 0 Å². The van der Waals surface area contributed by atoms with Crippen LogP contribution in [0.1, 0.15) is 23.1 Å². The molecule has 6 heteroatoms. The summed E-state index contributed by atoms with van der Waals surface area (Å²) in [6.45, 7) is 1.62. The molecule has 2 aromatic rings. The summed E-state index contributed by atoms with van der Waals surface area (Å²) in [5.74, 6) is 0.507. The summed E-state index contributed by atoms with van der Waals surface area (Å²) in [5.41, 5.74) is 2.61. The van der Waals surface area contributed by atoms with Crippen molar-refractivity contribution in [1.82, 2.24) is 0 Å². The van der Waals surface area contributed by atoms with E-state index in [2.05, 4.69) is 6.07 Å². The predicted molar refractivity (Wildman–Crippen MR) is 81.5 cm³/mol. The van der Waals surface area contributed by atoms with Gasteiger partial charge in [-0.15, -0.1) is 0 Å². The second-order valence-electron chi connectivity index (χ2n) is 4.51. The summed E-state index contributed by atoms with van der Waals surface area (Å²) in [4.78, 5) is 8.36. The van der Waals surface area contributed by atoms with Crippen LogP contribution in [0.15, 0.2) is 36.4 Å². The largest absolute Gasteiger partial charge is 0.496 e. The molecule has 0 bridgehead atoms. The molecule has 0 amide bonds. The van der Waals surface area contributed by atoms with Crippen LogP contribution in [0, 0.1) is 18.3 Å². The molecule has 0 spiro atoms. The molecule has 0 aliphatic rings. The fourth-order valence-electron chi connectivity index (χ4n) is 2.05. The van der Waals surface area contributed by atoms with Crippen LogP contribution in [-0.4, -0.2) is 18.7 Å². The molecule has 0 aromatic heterocycles. The SMILES string of the molecule is COc1ccc(C(F)F)cc1-c1cc(C#N)ccc1C.O=CO. The third kappa shape index (κ3) is 4.51. The molecule has 1 N–H and O–H groups in total. The lowest BCUT2D eigenvalue weighted by Gasteiger charge is -2.13. The smallest absolute Gasteiger partial charge is 0.290 e. The average molecular weight is 319 g/mol. The number of alkyl halides is 2. The van der Waals surface area contributed by atoms with E-state index in [1.165, 1.54) is 25.3 Å². The van der Waals surface area contributed by atoms with Crippen molar-refractivity contribution in [3.05, 3.63) is 53.1 Å². The number of aryl methyl sites for hydroxylation is 1. The molecule has 0 radical (unpaired) electrons. The first-order valence-corrected chi connectivity index (χ1v) is 6.53. The first-order valence-electron chi connectivity index (χ1n) is 6.53. The van der Waals surface area contributed by atoms with Gasteiger partial charge in [-0.2, -0.15) is 5.26 Å². The summed E-state index contributed by atoms with van der Waals surface area (Å²) < 4.78 is 30.9. The van der Waals surface area contributed by atoms with Crippen molar-refractivity contribution in [2.75, 3.05) is 7.11 Å². The first kappa shape index (κ1) is 18.1. The van der Waals surface area contributed by atoms with Crippen LogP contribution in [0.4, 0.5) is 8.78 Å². The zero-order chi connectivity index (χ0) is 17.4. The fourth-order valence-corrected chi connectivity index (χ4v) is 2.05. The predicted octanol–water partition coefficient (Wildman–Crippen LogP) is 4.18. The lowest BCUT2D eigenvalue weighted by atomic mass is 9.96. The lowest BCUT2D eigenvalue weighted by Crippen LogP contribution is -1.94. The Balaban J connectivity index is 0.000000816. The van der Waals surface area contributed by atoms with Gasteiger partial charge in [0.15, 0.2) is 0 Å². The van der Waals surface area contributed by atoms with Gasteiger partial charge in [-0.3, -0.25) is 4.79 Å². The van der Waals surface area contributed by atoms with Gasteiger partial charge in [0.2, 0.25) is 0 Å². The summed E-state index contributed by atoms with van der Waals surface area (Å²) in [6, 6.07) is 11.5. The molecule has 120 valence electrons. The van der Waals surface area contributed by atoms with E-state index in [9.17, 15) is 8.78 Å². The van der Waals surface area contributed by atoms with Gasteiger partial charge >= 0.3 is 0 Å². The Morgan fingerprint density at radius 1 is 1.22 bits per heavy atom. The van der Waals surface area contributed by atoms with E-state index in [0.717, 1.165) is 11.1 Å². The second-order valence-corrected chi connectivity index (χ2v) is 4.51. The average Bonchev–Trinajstić information content (AvgIpc) is 2.55. The van der Waals surface area contributed by atoms with Crippen LogP contribution in [0.5, 0.6) is 5.75 Å². The summed E-state index contributed by atoms with van der Waals surface area (Å²) in [6.07, 6.45) is -2.54. The van der Waals surface area contributed by atoms with Gasteiger partial charge < -0.3 is 9.84 Å². The zero-order valence-electron chi connectivity index (χ0n) is 12.6.